The number of nitrogens with zero attached hydrogens (tertiary/aromatic N) is 2. The molecule has 1 aliphatic heterocycles. The van der Waals surface area contributed by atoms with Crippen LogP contribution in [0.5, 0.6) is 0 Å². The fourth-order valence-electron chi connectivity index (χ4n) is 3.15. The van der Waals surface area contributed by atoms with Crippen molar-refractivity contribution in [1.29, 1.82) is 0 Å². The number of carbonyl (C=O) groups excluding carboxylic acids is 1. The number of rotatable bonds is 8. The Morgan fingerprint density at radius 2 is 2.15 bits per heavy atom. The van der Waals surface area contributed by atoms with Crippen LogP contribution in [0.1, 0.15) is 23.5 Å². The Bertz CT molecular complexity index is 764. The summed E-state index contributed by atoms with van der Waals surface area (Å²) in [4.78, 5) is 17.7. The zero-order valence-electron chi connectivity index (χ0n) is 14.8. The van der Waals surface area contributed by atoms with Crippen molar-refractivity contribution < 1.29 is 17.6 Å². The molecule has 3 rings (SSSR count). The number of thiophene rings is 1. The fraction of sp³-hybridized carbons (Fsp3) is 0.500. The van der Waals surface area contributed by atoms with Crippen molar-refractivity contribution in [3.05, 3.63) is 46.5 Å². The van der Waals surface area contributed by atoms with Gasteiger partial charge in [0.15, 0.2) is 9.84 Å². The van der Waals surface area contributed by atoms with Gasteiger partial charge in [-0.3, -0.25) is 4.79 Å². The molecule has 1 amide bonds. The number of furan rings is 1. The molecule has 0 spiro atoms. The third kappa shape index (κ3) is 5.18. The summed E-state index contributed by atoms with van der Waals surface area (Å²) >= 11 is 1.62. The van der Waals surface area contributed by atoms with Crippen molar-refractivity contribution in [3.8, 4) is 0 Å². The number of hydrogen-bond donors (Lipinski definition) is 0. The first-order chi connectivity index (χ1) is 12.4. The quantitative estimate of drug-likeness (QED) is 0.685. The van der Waals surface area contributed by atoms with Gasteiger partial charge in [-0.2, -0.15) is 0 Å². The van der Waals surface area contributed by atoms with Gasteiger partial charge in [-0.05, 0) is 37.0 Å². The van der Waals surface area contributed by atoms with Crippen LogP contribution in [-0.2, 0) is 27.7 Å². The molecule has 0 radical (unpaired) electrons. The van der Waals surface area contributed by atoms with Gasteiger partial charge in [0.05, 0.1) is 30.9 Å². The van der Waals surface area contributed by atoms with Gasteiger partial charge in [-0.15, -0.1) is 11.3 Å². The van der Waals surface area contributed by atoms with Gasteiger partial charge in [-0.25, -0.2) is 8.42 Å². The highest BCUT2D eigenvalue weighted by Crippen LogP contribution is 2.18. The summed E-state index contributed by atoms with van der Waals surface area (Å²) in [5.41, 5.74) is 0. The lowest BCUT2D eigenvalue weighted by Gasteiger charge is -2.25. The SMILES string of the molecule is CN(CCC(=O)N(Cc1ccco1)Cc1cccs1)C1CCS(=O)(=O)C1. The van der Waals surface area contributed by atoms with Crippen molar-refractivity contribution in [2.45, 2.75) is 32.0 Å². The van der Waals surface area contributed by atoms with Gasteiger partial charge in [0.2, 0.25) is 5.91 Å². The molecule has 26 heavy (non-hydrogen) atoms. The minimum Gasteiger partial charge on any atom is -0.467 e. The molecule has 6 nitrogen and oxygen atoms in total. The number of carbonyl (C=O) groups is 1. The number of sulfone groups is 1. The highest BCUT2D eigenvalue weighted by molar-refractivity contribution is 7.91. The van der Waals surface area contributed by atoms with Gasteiger partial charge in [0.1, 0.15) is 5.76 Å². The molecule has 0 N–H and O–H groups in total. The highest BCUT2D eigenvalue weighted by Gasteiger charge is 2.30. The maximum atomic E-state index is 12.8. The van der Waals surface area contributed by atoms with E-state index in [4.69, 9.17) is 4.42 Å². The summed E-state index contributed by atoms with van der Waals surface area (Å²) in [6, 6.07) is 7.69. The molecule has 1 unspecified atom stereocenters. The molecular formula is C18H24N2O4S2. The second-order valence-electron chi connectivity index (χ2n) is 6.70. The molecule has 142 valence electrons. The summed E-state index contributed by atoms with van der Waals surface area (Å²) in [6.45, 7) is 1.54. The molecule has 2 aromatic heterocycles. The lowest BCUT2D eigenvalue weighted by molar-refractivity contribution is -0.133. The molecule has 1 aliphatic rings. The molecule has 1 saturated heterocycles. The molecule has 0 aromatic carbocycles. The van der Waals surface area contributed by atoms with Crippen molar-refractivity contribution in [2.24, 2.45) is 0 Å². The maximum absolute atomic E-state index is 12.8. The van der Waals surface area contributed by atoms with Crippen LogP contribution in [0.4, 0.5) is 0 Å². The Hall–Kier alpha value is -1.64. The largest absolute Gasteiger partial charge is 0.467 e. The van der Waals surface area contributed by atoms with Crippen LogP contribution in [-0.4, -0.2) is 55.3 Å². The minimum atomic E-state index is -2.91. The van der Waals surface area contributed by atoms with Crippen LogP contribution in [0.25, 0.3) is 0 Å². The first-order valence-electron chi connectivity index (χ1n) is 8.66. The van der Waals surface area contributed by atoms with Crippen molar-refractivity contribution in [3.63, 3.8) is 0 Å². The summed E-state index contributed by atoms with van der Waals surface area (Å²) in [5, 5.41) is 2.00. The van der Waals surface area contributed by atoms with E-state index in [9.17, 15) is 13.2 Å². The molecule has 8 heteroatoms. The van der Waals surface area contributed by atoms with Gasteiger partial charge < -0.3 is 14.2 Å². The zero-order chi connectivity index (χ0) is 18.6. The van der Waals surface area contributed by atoms with Gasteiger partial charge in [0, 0.05) is 23.9 Å². The second kappa shape index (κ2) is 8.37. The van der Waals surface area contributed by atoms with Gasteiger partial charge >= 0.3 is 0 Å². The van der Waals surface area contributed by atoms with E-state index in [0.717, 1.165) is 10.6 Å². The van der Waals surface area contributed by atoms with E-state index in [1.807, 2.05) is 41.6 Å². The Kier molecular flexibility index (Phi) is 6.16. The molecule has 2 aromatic rings. The third-order valence-corrected chi connectivity index (χ3v) is 7.33. The summed E-state index contributed by atoms with van der Waals surface area (Å²) < 4.78 is 28.7. The molecule has 0 aliphatic carbocycles. The van der Waals surface area contributed by atoms with E-state index < -0.39 is 9.84 Å². The van der Waals surface area contributed by atoms with Crippen LogP contribution in [0.15, 0.2) is 40.3 Å². The molecule has 0 bridgehead atoms. The summed E-state index contributed by atoms with van der Waals surface area (Å²) in [6.07, 6.45) is 2.62. The molecule has 1 atom stereocenters. The Labute approximate surface area is 158 Å². The normalized spacial score (nSPS) is 19.1. The first-order valence-corrected chi connectivity index (χ1v) is 11.4. The Morgan fingerprint density at radius 3 is 2.77 bits per heavy atom. The first kappa shape index (κ1) is 19.1. The van der Waals surface area contributed by atoms with Crippen LogP contribution in [0, 0.1) is 0 Å². The number of hydrogen-bond acceptors (Lipinski definition) is 6. The highest BCUT2D eigenvalue weighted by atomic mass is 32.2. The average Bonchev–Trinajstić information content (AvgIpc) is 3.34. The van der Waals surface area contributed by atoms with E-state index in [1.165, 1.54) is 0 Å². The summed E-state index contributed by atoms with van der Waals surface area (Å²) in [5.74, 6) is 1.25. The smallest absolute Gasteiger partial charge is 0.224 e. The van der Waals surface area contributed by atoms with Gasteiger partial charge in [0.25, 0.3) is 0 Å². The fourth-order valence-corrected chi connectivity index (χ4v) is 5.67. The molecule has 1 fully saturated rings. The van der Waals surface area contributed by atoms with E-state index >= 15 is 0 Å². The zero-order valence-corrected chi connectivity index (χ0v) is 16.5. The Balaban J connectivity index is 1.57. The lowest BCUT2D eigenvalue weighted by atomic mass is 10.2. The molecule has 0 saturated carbocycles. The van der Waals surface area contributed by atoms with Crippen molar-refractivity contribution >= 4 is 27.1 Å². The number of amides is 1. The predicted octanol–water partition coefficient (Wildman–Crippen LogP) is 2.38. The van der Waals surface area contributed by atoms with Crippen molar-refractivity contribution in [2.75, 3.05) is 25.1 Å². The molecular weight excluding hydrogens is 372 g/mol. The summed E-state index contributed by atoms with van der Waals surface area (Å²) in [7, 11) is -1.01. The monoisotopic (exact) mass is 396 g/mol. The van der Waals surface area contributed by atoms with Crippen LogP contribution in [0.2, 0.25) is 0 Å². The lowest BCUT2D eigenvalue weighted by Crippen LogP contribution is -2.37. The topological polar surface area (TPSA) is 70.8 Å². The third-order valence-electron chi connectivity index (χ3n) is 4.72. The average molecular weight is 397 g/mol. The van der Waals surface area contributed by atoms with Gasteiger partial charge in [-0.1, -0.05) is 6.07 Å². The van der Waals surface area contributed by atoms with E-state index in [2.05, 4.69) is 0 Å². The minimum absolute atomic E-state index is 0.0172. The standard InChI is InChI=1S/C18H24N2O4S2/c1-19(15-7-11-26(22,23)14-15)8-6-18(21)20(12-16-4-2-9-24-16)13-17-5-3-10-25-17/h2-5,9-10,15H,6-8,11-14H2,1H3. The van der Waals surface area contributed by atoms with Crippen LogP contribution >= 0.6 is 11.3 Å². The predicted molar refractivity (Wildman–Crippen MR) is 102 cm³/mol. The van der Waals surface area contributed by atoms with Crippen LogP contribution in [0.3, 0.4) is 0 Å². The van der Waals surface area contributed by atoms with E-state index in [0.29, 0.717) is 32.5 Å². The second-order valence-corrected chi connectivity index (χ2v) is 9.96. The Morgan fingerprint density at radius 1 is 1.31 bits per heavy atom. The van der Waals surface area contributed by atoms with E-state index in [1.54, 1.807) is 22.5 Å². The van der Waals surface area contributed by atoms with Crippen molar-refractivity contribution in [1.82, 2.24) is 9.80 Å². The van der Waals surface area contributed by atoms with E-state index in [-0.39, 0.29) is 23.5 Å². The maximum Gasteiger partial charge on any atom is 0.224 e. The molecule has 3 heterocycles. The van der Waals surface area contributed by atoms with Crippen LogP contribution < -0.4 is 0 Å².